The fourth-order valence-corrected chi connectivity index (χ4v) is 1.98. The number of amides is 1. The van der Waals surface area contributed by atoms with E-state index >= 15 is 0 Å². The summed E-state index contributed by atoms with van der Waals surface area (Å²) >= 11 is 1.55. The number of thiophene rings is 1. The van der Waals surface area contributed by atoms with Gasteiger partial charge in [-0.25, -0.2) is 0 Å². The third kappa shape index (κ3) is 2.33. The maximum atomic E-state index is 11.3. The third-order valence-corrected chi connectivity index (χ3v) is 3.05. The summed E-state index contributed by atoms with van der Waals surface area (Å²) in [5, 5.41) is 16.2. The lowest BCUT2D eigenvalue weighted by Gasteiger charge is -2.09. The first-order chi connectivity index (χ1) is 6.77. The van der Waals surface area contributed by atoms with Crippen LogP contribution < -0.4 is 5.32 Å². The van der Waals surface area contributed by atoms with Gasteiger partial charge in [0.25, 0.3) is 0 Å². The molecule has 2 N–H and O–H groups in total. The number of carbonyl (C=O) groups excluding carboxylic acids is 1. The van der Waals surface area contributed by atoms with Crippen LogP contribution in [0, 0.1) is 5.92 Å². The van der Waals surface area contributed by atoms with Gasteiger partial charge in [0.15, 0.2) is 0 Å². The van der Waals surface area contributed by atoms with E-state index in [-0.39, 0.29) is 11.8 Å². The Morgan fingerprint density at radius 1 is 1.71 bits per heavy atom. The maximum absolute atomic E-state index is 11.3. The standard InChI is InChI=1S/C10H13NO2S/c12-9(8-3-4-14-6-8)5-11-10(13)7-1-2-7/h3-4,6-7,9,12H,1-2,5H2,(H,11,13)/t9-/m0/s1. The molecule has 1 saturated carbocycles. The molecule has 76 valence electrons. The van der Waals surface area contributed by atoms with Gasteiger partial charge in [-0.3, -0.25) is 4.79 Å². The second-order valence-electron chi connectivity index (χ2n) is 3.59. The number of carbonyl (C=O) groups is 1. The molecule has 0 spiro atoms. The first-order valence-corrected chi connectivity index (χ1v) is 5.69. The van der Waals surface area contributed by atoms with Crippen LogP contribution in [-0.2, 0) is 4.79 Å². The van der Waals surface area contributed by atoms with Gasteiger partial charge >= 0.3 is 0 Å². The van der Waals surface area contributed by atoms with Crippen LogP contribution in [0.2, 0.25) is 0 Å². The van der Waals surface area contributed by atoms with E-state index < -0.39 is 6.10 Å². The molecule has 1 atom stereocenters. The SMILES string of the molecule is O=C(NC[C@H](O)c1ccsc1)C1CC1. The number of aliphatic hydroxyl groups is 1. The molecule has 0 aliphatic heterocycles. The third-order valence-electron chi connectivity index (χ3n) is 2.35. The van der Waals surface area contributed by atoms with Crippen LogP contribution in [-0.4, -0.2) is 17.6 Å². The van der Waals surface area contributed by atoms with Crippen LogP contribution >= 0.6 is 11.3 Å². The number of aliphatic hydroxyl groups excluding tert-OH is 1. The molecule has 2 rings (SSSR count). The number of rotatable bonds is 4. The van der Waals surface area contributed by atoms with Gasteiger partial charge in [-0.15, -0.1) is 0 Å². The molecule has 1 aromatic rings. The quantitative estimate of drug-likeness (QED) is 0.789. The lowest BCUT2D eigenvalue weighted by atomic mass is 10.2. The van der Waals surface area contributed by atoms with Crippen molar-refractivity contribution >= 4 is 17.2 Å². The van der Waals surface area contributed by atoms with Crippen LogP contribution in [0.4, 0.5) is 0 Å². The van der Waals surface area contributed by atoms with Gasteiger partial charge in [-0.1, -0.05) is 0 Å². The lowest BCUT2D eigenvalue weighted by molar-refractivity contribution is -0.122. The molecule has 1 aliphatic carbocycles. The summed E-state index contributed by atoms with van der Waals surface area (Å²) in [4.78, 5) is 11.3. The molecule has 3 nitrogen and oxygen atoms in total. The van der Waals surface area contributed by atoms with E-state index in [1.807, 2.05) is 16.8 Å². The average molecular weight is 211 g/mol. The fraction of sp³-hybridized carbons (Fsp3) is 0.500. The van der Waals surface area contributed by atoms with E-state index in [0.29, 0.717) is 6.54 Å². The predicted octanol–water partition coefficient (Wildman–Crippen LogP) is 1.31. The average Bonchev–Trinajstić information content (AvgIpc) is 2.90. The summed E-state index contributed by atoms with van der Waals surface area (Å²) in [6.45, 7) is 0.325. The second-order valence-corrected chi connectivity index (χ2v) is 4.37. The summed E-state index contributed by atoms with van der Waals surface area (Å²) in [5.41, 5.74) is 0.881. The Morgan fingerprint density at radius 2 is 2.50 bits per heavy atom. The summed E-state index contributed by atoms with van der Waals surface area (Å²) in [6.07, 6.45) is 1.43. The first kappa shape index (κ1) is 9.68. The van der Waals surface area contributed by atoms with Crippen molar-refractivity contribution < 1.29 is 9.90 Å². The Hall–Kier alpha value is -0.870. The molecular weight excluding hydrogens is 198 g/mol. The molecule has 1 aromatic heterocycles. The summed E-state index contributed by atoms with van der Waals surface area (Å²) in [7, 11) is 0. The predicted molar refractivity (Wildman–Crippen MR) is 55.0 cm³/mol. The van der Waals surface area contributed by atoms with Crippen LogP contribution in [0.5, 0.6) is 0 Å². The van der Waals surface area contributed by atoms with Crippen molar-refractivity contribution in [3.63, 3.8) is 0 Å². The Morgan fingerprint density at radius 3 is 3.07 bits per heavy atom. The Labute approximate surface area is 86.8 Å². The van der Waals surface area contributed by atoms with Gasteiger partial charge in [0, 0.05) is 12.5 Å². The maximum Gasteiger partial charge on any atom is 0.223 e. The minimum Gasteiger partial charge on any atom is -0.387 e. The summed E-state index contributed by atoms with van der Waals surface area (Å²) in [6, 6.07) is 1.87. The summed E-state index contributed by atoms with van der Waals surface area (Å²) < 4.78 is 0. The van der Waals surface area contributed by atoms with Crippen molar-refractivity contribution in [3.8, 4) is 0 Å². The minimum atomic E-state index is -0.566. The highest BCUT2D eigenvalue weighted by molar-refractivity contribution is 7.07. The van der Waals surface area contributed by atoms with Crippen molar-refractivity contribution in [2.45, 2.75) is 18.9 Å². The highest BCUT2D eigenvalue weighted by Gasteiger charge is 2.29. The molecule has 0 saturated heterocycles. The first-order valence-electron chi connectivity index (χ1n) is 4.75. The van der Waals surface area contributed by atoms with Gasteiger partial charge in [0.1, 0.15) is 0 Å². The lowest BCUT2D eigenvalue weighted by Crippen LogP contribution is -2.29. The number of nitrogens with one attached hydrogen (secondary N) is 1. The van der Waals surface area contributed by atoms with E-state index in [4.69, 9.17) is 0 Å². The van der Waals surface area contributed by atoms with E-state index in [9.17, 15) is 9.90 Å². The van der Waals surface area contributed by atoms with Crippen molar-refractivity contribution in [2.75, 3.05) is 6.54 Å². The molecule has 0 aromatic carbocycles. The topological polar surface area (TPSA) is 49.3 Å². The Balaban J connectivity index is 1.77. The molecule has 1 fully saturated rings. The normalized spacial score (nSPS) is 17.8. The Kier molecular flexibility index (Phi) is 2.84. The van der Waals surface area contributed by atoms with Gasteiger partial charge in [0.2, 0.25) is 5.91 Å². The van der Waals surface area contributed by atoms with Crippen molar-refractivity contribution in [3.05, 3.63) is 22.4 Å². The fourth-order valence-electron chi connectivity index (χ4n) is 1.27. The highest BCUT2D eigenvalue weighted by Crippen LogP contribution is 2.28. The zero-order valence-corrected chi connectivity index (χ0v) is 8.59. The molecule has 0 radical (unpaired) electrons. The van der Waals surface area contributed by atoms with Crippen molar-refractivity contribution in [1.82, 2.24) is 5.32 Å². The monoisotopic (exact) mass is 211 g/mol. The molecule has 0 bridgehead atoms. The Bertz CT molecular complexity index is 306. The van der Waals surface area contributed by atoms with Gasteiger partial charge in [-0.05, 0) is 35.2 Å². The molecular formula is C10H13NO2S. The van der Waals surface area contributed by atoms with Crippen molar-refractivity contribution in [1.29, 1.82) is 0 Å². The van der Waals surface area contributed by atoms with Crippen LogP contribution in [0.3, 0.4) is 0 Å². The second kappa shape index (κ2) is 4.11. The van der Waals surface area contributed by atoms with Gasteiger partial charge in [0.05, 0.1) is 6.10 Å². The minimum absolute atomic E-state index is 0.0827. The molecule has 1 heterocycles. The molecule has 4 heteroatoms. The van der Waals surface area contributed by atoms with Crippen molar-refractivity contribution in [2.24, 2.45) is 5.92 Å². The number of hydrogen-bond donors (Lipinski definition) is 2. The van der Waals surface area contributed by atoms with E-state index in [1.165, 1.54) is 0 Å². The van der Waals surface area contributed by atoms with Gasteiger partial charge in [-0.2, -0.15) is 11.3 Å². The van der Waals surface area contributed by atoms with Crippen LogP contribution in [0.1, 0.15) is 24.5 Å². The largest absolute Gasteiger partial charge is 0.387 e. The zero-order valence-electron chi connectivity index (χ0n) is 7.77. The molecule has 14 heavy (non-hydrogen) atoms. The van der Waals surface area contributed by atoms with Crippen LogP contribution in [0.25, 0.3) is 0 Å². The number of hydrogen-bond acceptors (Lipinski definition) is 3. The van der Waals surface area contributed by atoms with Gasteiger partial charge < -0.3 is 10.4 Å². The molecule has 0 unspecified atom stereocenters. The van der Waals surface area contributed by atoms with Crippen LogP contribution in [0.15, 0.2) is 16.8 Å². The van der Waals surface area contributed by atoms with E-state index in [0.717, 1.165) is 18.4 Å². The summed E-state index contributed by atoms with van der Waals surface area (Å²) in [5.74, 6) is 0.295. The molecule has 1 amide bonds. The highest BCUT2D eigenvalue weighted by atomic mass is 32.1. The zero-order chi connectivity index (χ0) is 9.97. The van der Waals surface area contributed by atoms with E-state index in [1.54, 1.807) is 11.3 Å². The smallest absolute Gasteiger partial charge is 0.223 e. The molecule has 1 aliphatic rings. The van der Waals surface area contributed by atoms with E-state index in [2.05, 4.69) is 5.32 Å².